The second-order valence-electron chi connectivity index (χ2n) is 4.56. The van der Waals surface area contributed by atoms with E-state index < -0.39 is 0 Å². The topological polar surface area (TPSA) is 27.1 Å². The van der Waals surface area contributed by atoms with Gasteiger partial charge in [-0.2, -0.15) is 5.10 Å². The molecule has 17 heavy (non-hydrogen) atoms. The number of nitrogens with zero attached hydrogens (tertiary/aromatic N) is 2. The van der Waals surface area contributed by atoms with Gasteiger partial charge in [0.25, 0.3) is 0 Å². The molecule has 0 atom stereocenters. The number of rotatable bonds is 4. The van der Waals surface area contributed by atoms with E-state index in [2.05, 4.69) is 29.5 Å². The highest BCUT2D eigenvalue weighted by Gasteiger charge is 2.25. The third-order valence-electron chi connectivity index (χ3n) is 3.14. The molecule has 0 N–H and O–H groups in total. The molecule has 1 fully saturated rings. The molecule has 0 bridgehead atoms. The average molecular weight is 228 g/mol. The van der Waals surface area contributed by atoms with Gasteiger partial charge < -0.3 is 4.74 Å². The fourth-order valence-electron chi connectivity index (χ4n) is 2.02. The smallest absolute Gasteiger partial charge is 0.119 e. The molecule has 3 nitrogen and oxygen atoms in total. The highest BCUT2D eigenvalue weighted by molar-refractivity contribution is 5.28. The van der Waals surface area contributed by atoms with E-state index in [-0.39, 0.29) is 0 Å². The fraction of sp³-hybridized carbons (Fsp3) is 0.357. The first-order valence-electron chi connectivity index (χ1n) is 6.01. The molecule has 0 saturated heterocycles. The second-order valence-corrected chi connectivity index (χ2v) is 4.56. The monoisotopic (exact) mass is 228 g/mol. The number of aromatic nitrogens is 2. The molecule has 1 heterocycles. The van der Waals surface area contributed by atoms with Gasteiger partial charge in [0.1, 0.15) is 5.75 Å². The molecule has 2 aromatic rings. The van der Waals surface area contributed by atoms with Crippen molar-refractivity contribution in [1.82, 2.24) is 9.78 Å². The number of ether oxygens (including phenoxy) is 1. The van der Waals surface area contributed by atoms with Crippen LogP contribution in [-0.4, -0.2) is 16.9 Å². The summed E-state index contributed by atoms with van der Waals surface area (Å²) >= 11 is 0. The predicted molar refractivity (Wildman–Crippen MR) is 66.3 cm³/mol. The van der Waals surface area contributed by atoms with E-state index in [1.54, 1.807) is 7.11 Å². The predicted octanol–water partition coefficient (Wildman–Crippen LogP) is 2.82. The largest absolute Gasteiger partial charge is 0.497 e. The van der Waals surface area contributed by atoms with Crippen LogP contribution >= 0.6 is 0 Å². The van der Waals surface area contributed by atoms with Crippen LogP contribution < -0.4 is 4.74 Å². The van der Waals surface area contributed by atoms with Crippen LogP contribution in [0.3, 0.4) is 0 Å². The Morgan fingerprint density at radius 1 is 1.35 bits per heavy atom. The lowest BCUT2D eigenvalue weighted by Gasteiger charge is -2.04. The number of methoxy groups -OCH3 is 1. The van der Waals surface area contributed by atoms with E-state index in [0.717, 1.165) is 18.2 Å². The summed E-state index contributed by atoms with van der Waals surface area (Å²) < 4.78 is 7.22. The molecule has 1 aliphatic rings. The van der Waals surface area contributed by atoms with E-state index in [4.69, 9.17) is 4.74 Å². The minimum absolute atomic E-state index is 0.724. The molecule has 88 valence electrons. The van der Waals surface area contributed by atoms with Crippen molar-refractivity contribution in [3.63, 3.8) is 0 Å². The summed E-state index contributed by atoms with van der Waals surface area (Å²) in [6, 6.07) is 10.3. The van der Waals surface area contributed by atoms with Gasteiger partial charge >= 0.3 is 0 Å². The van der Waals surface area contributed by atoms with Gasteiger partial charge in [0.05, 0.1) is 19.3 Å². The molecule has 0 unspecified atom stereocenters. The van der Waals surface area contributed by atoms with E-state index in [0.29, 0.717) is 0 Å². The lowest BCUT2D eigenvalue weighted by atomic mass is 10.2. The van der Waals surface area contributed by atoms with Crippen LogP contribution in [0.2, 0.25) is 0 Å². The standard InChI is InChI=1S/C14H16N2O/c1-17-13-4-2-3-11(9-13)10-16-8-7-14(15-16)12-5-6-12/h2-4,7-9,12H,5-6,10H2,1H3. The lowest BCUT2D eigenvalue weighted by molar-refractivity contribution is 0.414. The highest BCUT2D eigenvalue weighted by atomic mass is 16.5. The van der Waals surface area contributed by atoms with Gasteiger partial charge in [0.2, 0.25) is 0 Å². The van der Waals surface area contributed by atoms with Crippen LogP contribution in [0.5, 0.6) is 5.75 Å². The summed E-state index contributed by atoms with van der Waals surface area (Å²) in [5.41, 5.74) is 2.46. The zero-order valence-corrected chi connectivity index (χ0v) is 9.97. The molecule has 0 radical (unpaired) electrons. The van der Waals surface area contributed by atoms with Gasteiger partial charge in [-0.05, 0) is 36.6 Å². The van der Waals surface area contributed by atoms with Crippen molar-refractivity contribution >= 4 is 0 Å². The quantitative estimate of drug-likeness (QED) is 0.804. The van der Waals surface area contributed by atoms with Crippen LogP contribution in [0.25, 0.3) is 0 Å². The van der Waals surface area contributed by atoms with Crippen LogP contribution in [0.4, 0.5) is 0 Å². The first kappa shape index (κ1) is 10.4. The zero-order chi connectivity index (χ0) is 11.7. The van der Waals surface area contributed by atoms with Crippen LogP contribution in [-0.2, 0) is 6.54 Å². The highest BCUT2D eigenvalue weighted by Crippen LogP contribution is 2.38. The van der Waals surface area contributed by atoms with E-state index >= 15 is 0 Å². The second kappa shape index (κ2) is 4.24. The average Bonchev–Trinajstić information content (AvgIpc) is 3.11. The van der Waals surface area contributed by atoms with Crippen molar-refractivity contribution in [3.05, 3.63) is 47.8 Å². The van der Waals surface area contributed by atoms with Crippen LogP contribution in [0.15, 0.2) is 36.5 Å². The Morgan fingerprint density at radius 3 is 3.00 bits per heavy atom. The summed E-state index contributed by atoms with van der Waals surface area (Å²) in [5, 5.41) is 4.60. The fourth-order valence-corrected chi connectivity index (χ4v) is 2.02. The Morgan fingerprint density at radius 2 is 2.24 bits per heavy atom. The summed E-state index contributed by atoms with van der Waals surface area (Å²) in [6.45, 7) is 0.809. The molecule has 1 aliphatic carbocycles. The van der Waals surface area contributed by atoms with Gasteiger partial charge in [0.15, 0.2) is 0 Å². The van der Waals surface area contributed by atoms with Crippen molar-refractivity contribution in [1.29, 1.82) is 0 Å². The molecule has 3 rings (SSSR count). The summed E-state index contributed by atoms with van der Waals surface area (Å²) in [6.07, 6.45) is 4.67. The van der Waals surface area contributed by atoms with E-state index in [9.17, 15) is 0 Å². The number of benzene rings is 1. The van der Waals surface area contributed by atoms with Crippen molar-refractivity contribution in [2.45, 2.75) is 25.3 Å². The molecular formula is C14H16N2O. The molecular weight excluding hydrogens is 212 g/mol. The Balaban J connectivity index is 1.75. The maximum absolute atomic E-state index is 5.22. The van der Waals surface area contributed by atoms with Gasteiger partial charge in [0, 0.05) is 12.1 Å². The Hall–Kier alpha value is -1.77. The van der Waals surface area contributed by atoms with Crippen molar-refractivity contribution in [2.75, 3.05) is 7.11 Å². The first-order valence-corrected chi connectivity index (χ1v) is 6.01. The van der Waals surface area contributed by atoms with Gasteiger partial charge in [-0.3, -0.25) is 4.68 Å². The van der Waals surface area contributed by atoms with Gasteiger partial charge in [-0.15, -0.1) is 0 Å². The minimum Gasteiger partial charge on any atom is -0.497 e. The molecule has 3 heteroatoms. The maximum atomic E-state index is 5.22. The van der Waals surface area contributed by atoms with Crippen molar-refractivity contribution in [2.24, 2.45) is 0 Å². The normalized spacial score (nSPS) is 14.9. The number of hydrogen-bond acceptors (Lipinski definition) is 2. The lowest BCUT2D eigenvalue weighted by Crippen LogP contribution is -2.01. The summed E-state index contributed by atoms with van der Waals surface area (Å²) in [4.78, 5) is 0. The summed E-state index contributed by atoms with van der Waals surface area (Å²) in [7, 11) is 1.69. The Kier molecular flexibility index (Phi) is 2.59. The van der Waals surface area contributed by atoms with E-state index in [1.165, 1.54) is 24.1 Å². The third-order valence-corrected chi connectivity index (χ3v) is 3.14. The SMILES string of the molecule is COc1cccc(Cn2ccc(C3CC3)n2)c1. The van der Waals surface area contributed by atoms with Gasteiger partial charge in [-0.1, -0.05) is 12.1 Å². The molecule has 0 spiro atoms. The molecule has 0 aliphatic heterocycles. The third kappa shape index (κ3) is 2.33. The molecule has 1 aromatic heterocycles. The maximum Gasteiger partial charge on any atom is 0.119 e. The van der Waals surface area contributed by atoms with Gasteiger partial charge in [-0.25, -0.2) is 0 Å². The first-order chi connectivity index (χ1) is 8.35. The van der Waals surface area contributed by atoms with Crippen molar-refractivity contribution < 1.29 is 4.74 Å². The Bertz CT molecular complexity index is 514. The summed E-state index contributed by atoms with van der Waals surface area (Å²) in [5.74, 6) is 1.62. The van der Waals surface area contributed by atoms with E-state index in [1.807, 2.05) is 16.8 Å². The Labute approximate surface area is 101 Å². The number of hydrogen-bond donors (Lipinski definition) is 0. The van der Waals surface area contributed by atoms with Crippen molar-refractivity contribution in [3.8, 4) is 5.75 Å². The molecule has 0 amide bonds. The molecule has 1 aromatic carbocycles. The van der Waals surface area contributed by atoms with Crippen LogP contribution in [0.1, 0.15) is 30.0 Å². The molecule has 1 saturated carbocycles. The zero-order valence-electron chi connectivity index (χ0n) is 9.97. The van der Waals surface area contributed by atoms with Crippen LogP contribution in [0, 0.1) is 0 Å². The minimum atomic E-state index is 0.724.